The van der Waals surface area contributed by atoms with Gasteiger partial charge in [0.15, 0.2) is 0 Å². The van der Waals surface area contributed by atoms with Gasteiger partial charge in [-0.1, -0.05) is 0 Å². The van der Waals surface area contributed by atoms with E-state index in [1.165, 1.54) is 12.1 Å². The van der Waals surface area contributed by atoms with E-state index in [1.807, 2.05) is 6.92 Å². The second-order valence-electron chi connectivity index (χ2n) is 2.56. The van der Waals surface area contributed by atoms with Crippen molar-refractivity contribution in [1.29, 1.82) is 0 Å². The Labute approximate surface area is 83.0 Å². The van der Waals surface area contributed by atoms with Gasteiger partial charge in [-0.15, -0.1) is 0 Å². The van der Waals surface area contributed by atoms with Crippen molar-refractivity contribution in [3.63, 3.8) is 0 Å². The third kappa shape index (κ3) is 2.51. The van der Waals surface area contributed by atoms with Gasteiger partial charge in [-0.25, -0.2) is 0 Å². The molecule has 0 aromatic heterocycles. The Morgan fingerprint density at radius 3 is 2.17 bits per heavy atom. The van der Waals surface area contributed by atoms with Gasteiger partial charge in [-0.05, 0) is 0 Å². The zero-order valence-corrected chi connectivity index (χ0v) is 11.0. The predicted molar refractivity (Wildman–Crippen MR) is 54.0 cm³/mol. The predicted octanol–water partition coefficient (Wildman–Crippen LogP) is 2.97. The molecule has 1 aromatic carbocycles. The Morgan fingerprint density at radius 1 is 1.25 bits per heavy atom. The Morgan fingerprint density at radius 2 is 1.75 bits per heavy atom. The van der Waals surface area contributed by atoms with Crippen molar-refractivity contribution in [2.75, 3.05) is 0 Å². The first kappa shape index (κ1) is 10.6. The van der Waals surface area contributed by atoms with Crippen LogP contribution in [0, 0.1) is 5.82 Å². The van der Waals surface area contributed by atoms with Crippen LogP contribution in [0.5, 0.6) is 0 Å². The molecule has 0 fully saturated rings. The molecule has 0 atom stereocenters. The quantitative estimate of drug-likeness (QED) is 0.736. The summed E-state index contributed by atoms with van der Waals surface area (Å²) >= 11 is -3.02. The van der Waals surface area contributed by atoms with Gasteiger partial charge in [-0.2, -0.15) is 0 Å². The van der Waals surface area contributed by atoms with Crippen LogP contribution in [0.4, 0.5) is 4.39 Å². The summed E-state index contributed by atoms with van der Waals surface area (Å²) in [7, 11) is 12.3. The van der Waals surface area contributed by atoms with Crippen LogP contribution < -0.4 is 3.58 Å². The van der Waals surface area contributed by atoms with Crippen LogP contribution in [-0.4, -0.2) is 16.1 Å². The summed E-state index contributed by atoms with van der Waals surface area (Å²) in [6.07, 6.45) is 0. The Hall–Kier alpha value is 0.529. The second kappa shape index (κ2) is 4.16. The molecule has 0 heterocycles. The van der Waals surface area contributed by atoms with Crippen LogP contribution >= 0.6 is 17.8 Å². The number of halogens is 3. The molecule has 0 bridgehead atoms. The van der Waals surface area contributed by atoms with E-state index in [4.69, 9.17) is 17.8 Å². The number of hydrogen-bond acceptors (Lipinski definition) is 0. The monoisotopic (exact) mass is 314 g/mol. The molecular weight excluding hydrogens is 305 g/mol. The molecule has 0 unspecified atom stereocenters. The van der Waals surface area contributed by atoms with Crippen LogP contribution in [0.25, 0.3) is 0 Å². The van der Waals surface area contributed by atoms with Crippen molar-refractivity contribution >= 4 is 37.5 Å². The topological polar surface area (TPSA) is 0 Å². The molecule has 4 heteroatoms. The van der Waals surface area contributed by atoms with E-state index in [0.29, 0.717) is 0 Å². The van der Waals surface area contributed by atoms with Gasteiger partial charge in [0, 0.05) is 0 Å². The van der Waals surface area contributed by atoms with Crippen molar-refractivity contribution in [3.8, 4) is 0 Å². The molecule has 12 heavy (non-hydrogen) atoms. The molecule has 0 aliphatic carbocycles. The summed E-state index contributed by atoms with van der Waals surface area (Å²) in [5, 5.41) is 0. The number of benzene rings is 1. The minimum atomic E-state index is -3.02. The first-order chi connectivity index (χ1) is 5.56. The summed E-state index contributed by atoms with van der Waals surface area (Å²) in [6.45, 7) is 1.97. The fraction of sp³-hybridized carbons (Fsp3) is 0.250. The Balaban J connectivity index is 2.96. The normalized spacial score (nSPS) is 11.7. The summed E-state index contributed by atoms with van der Waals surface area (Å²) < 4.78 is 14.3. The van der Waals surface area contributed by atoms with E-state index in [-0.39, 0.29) is 5.82 Å². The maximum atomic E-state index is 12.5. The molecule has 0 saturated carbocycles. The SMILES string of the molecule is C[CH2][Sn]([Cl])([Cl])[c]1ccc(F)cc1. The van der Waals surface area contributed by atoms with Crippen LogP contribution in [0.15, 0.2) is 24.3 Å². The van der Waals surface area contributed by atoms with Gasteiger partial charge in [0.05, 0.1) is 0 Å². The molecule has 0 amide bonds. The second-order valence-corrected chi connectivity index (χ2v) is 20.2. The zero-order chi connectivity index (χ0) is 9.19. The molecule has 66 valence electrons. The van der Waals surface area contributed by atoms with Gasteiger partial charge in [0.2, 0.25) is 0 Å². The van der Waals surface area contributed by atoms with Gasteiger partial charge in [0.25, 0.3) is 0 Å². The first-order valence-electron chi connectivity index (χ1n) is 3.70. The van der Waals surface area contributed by atoms with Crippen LogP contribution in [-0.2, 0) is 0 Å². The summed E-state index contributed by atoms with van der Waals surface area (Å²) in [6, 6.07) is 6.19. The van der Waals surface area contributed by atoms with Crippen molar-refractivity contribution in [1.82, 2.24) is 0 Å². The molecular formula is C8H9Cl2FSn. The van der Waals surface area contributed by atoms with E-state index in [9.17, 15) is 4.39 Å². The van der Waals surface area contributed by atoms with Gasteiger partial charge >= 0.3 is 83.4 Å². The van der Waals surface area contributed by atoms with E-state index >= 15 is 0 Å². The summed E-state index contributed by atoms with van der Waals surface area (Å²) in [4.78, 5) is 0. The van der Waals surface area contributed by atoms with Gasteiger partial charge in [-0.3, -0.25) is 0 Å². The van der Waals surface area contributed by atoms with Crippen LogP contribution in [0.1, 0.15) is 6.92 Å². The van der Waals surface area contributed by atoms with Crippen molar-refractivity contribution in [2.45, 2.75) is 11.4 Å². The third-order valence-electron chi connectivity index (χ3n) is 1.71. The van der Waals surface area contributed by atoms with Crippen LogP contribution in [0.2, 0.25) is 4.44 Å². The first-order valence-corrected chi connectivity index (χ1v) is 14.4. The van der Waals surface area contributed by atoms with E-state index in [1.54, 1.807) is 12.1 Å². The van der Waals surface area contributed by atoms with E-state index in [0.717, 1.165) is 8.02 Å². The molecule has 1 rings (SSSR count). The van der Waals surface area contributed by atoms with E-state index in [2.05, 4.69) is 0 Å². The van der Waals surface area contributed by atoms with Crippen LogP contribution in [0.3, 0.4) is 0 Å². The maximum absolute atomic E-state index is 12.5. The van der Waals surface area contributed by atoms with Crippen molar-refractivity contribution in [3.05, 3.63) is 30.1 Å². The van der Waals surface area contributed by atoms with E-state index < -0.39 is 16.1 Å². The number of hydrogen-bond donors (Lipinski definition) is 0. The Bertz CT molecular complexity index is 258. The Kier molecular flexibility index (Phi) is 3.68. The summed E-state index contributed by atoms with van der Waals surface area (Å²) in [5.41, 5.74) is 0. The van der Waals surface area contributed by atoms with Gasteiger partial charge in [0.1, 0.15) is 0 Å². The zero-order valence-electron chi connectivity index (χ0n) is 6.65. The number of rotatable bonds is 2. The molecule has 0 aliphatic heterocycles. The molecule has 0 spiro atoms. The molecule has 0 nitrogen and oxygen atoms in total. The molecule has 0 N–H and O–H groups in total. The average molecular weight is 314 g/mol. The van der Waals surface area contributed by atoms with Gasteiger partial charge < -0.3 is 0 Å². The van der Waals surface area contributed by atoms with Crippen molar-refractivity contribution < 1.29 is 4.39 Å². The van der Waals surface area contributed by atoms with Crippen molar-refractivity contribution in [2.24, 2.45) is 0 Å². The summed E-state index contributed by atoms with van der Waals surface area (Å²) in [5.74, 6) is -0.245. The molecule has 1 aromatic rings. The standard InChI is InChI=1S/C6H4F.C2H5.2ClH.Sn/c7-6-4-2-1-3-5-6;1-2;;;/h2-5H;1H2,2H3;2*1H;/q;;;;+2/p-2. The molecule has 0 saturated heterocycles. The molecule has 0 aliphatic rings. The molecule has 0 radical (unpaired) electrons. The fourth-order valence-corrected chi connectivity index (χ4v) is 5.62. The minimum absolute atomic E-state index is 0.245. The third-order valence-corrected chi connectivity index (χ3v) is 14.1. The average Bonchev–Trinajstić information content (AvgIpc) is 2.05. The fourth-order valence-electron chi connectivity index (χ4n) is 0.898.